The Bertz CT molecular complexity index is 262. The largest absolute Gasteiger partial charge is 0.319 e. The summed E-state index contributed by atoms with van der Waals surface area (Å²) in [5.41, 5.74) is 1.38. The smallest absolute Gasteiger partial charge is 0.0406 e. The van der Waals surface area contributed by atoms with E-state index in [2.05, 4.69) is 24.4 Å². The van der Waals surface area contributed by atoms with E-state index in [0.717, 1.165) is 23.9 Å². The van der Waals surface area contributed by atoms with Gasteiger partial charge < -0.3 is 5.32 Å². The van der Waals surface area contributed by atoms with Crippen LogP contribution in [0.15, 0.2) is 24.3 Å². The Morgan fingerprint density at radius 1 is 1.27 bits per heavy atom. The molecule has 0 aliphatic carbocycles. The topological polar surface area (TPSA) is 12.0 Å². The Hall–Kier alpha value is -0.530. The van der Waals surface area contributed by atoms with Crippen LogP contribution in [0.25, 0.3) is 0 Å². The van der Waals surface area contributed by atoms with E-state index in [0.29, 0.717) is 0 Å². The van der Waals surface area contributed by atoms with Crippen LogP contribution in [-0.2, 0) is 6.42 Å². The fraction of sp³-hybridized carbons (Fsp3) is 0.538. The van der Waals surface area contributed by atoms with Crippen LogP contribution >= 0.6 is 11.6 Å². The number of halogens is 1. The van der Waals surface area contributed by atoms with Crippen molar-refractivity contribution < 1.29 is 0 Å². The molecule has 1 nitrogen and oxygen atoms in total. The predicted octanol–water partition coefficient (Wildman–Crippen LogP) is 3.52. The molecule has 0 heterocycles. The lowest BCUT2D eigenvalue weighted by atomic mass is 9.95. The summed E-state index contributed by atoms with van der Waals surface area (Å²) in [6.45, 7) is 3.33. The van der Waals surface area contributed by atoms with E-state index in [1.165, 1.54) is 18.4 Å². The molecule has 1 aromatic carbocycles. The van der Waals surface area contributed by atoms with Crippen molar-refractivity contribution in [1.29, 1.82) is 0 Å². The third kappa shape index (κ3) is 4.67. The van der Waals surface area contributed by atoms with Gasteiger partial charge in [0.05, 0.1) is 0 Å². The van der Waals surface area contributed by atoms with Crippen LogP contribution in [0.5, 0.6) is 0 Å². The van der Waals surface area contributed by atoms with Gasteiger partial charge >= 0.3 is 0 Å². The Morgan fingerprint density at radius 2 is 1.93 bits per heavy atom. The number of nitrogens with one attached hydrogen (secondary N) is 1. The highest BCUT2D eigenvalue weighted by molar-refractivity contribution is 6.30. The summed E-state index contributed by atoms with van der Waals surface area (Å²) < 4.78 is 0. The van der Waals surface area contributed by atoms with E-state index in [4.69, 9.17) is 11.6 Å². The number of hydrogen-bond acceptors (Lipinski definition) is 1. The van der Waals surface area contributed by atoms with E-state index in [9.17, 15) is 0 Å². The van der Waals surface area contributed by atoms with E-state index >= 15 is 0 Å². The molecule has 1 rings (SSSR count). The van der Waals surface area contributed by atoms with Crippen molar-refractivity contribution in [3.8, 4) is 0 Å². The highest BCUT2D eigenvalue weighted by Gasteiger charge is 2.07. The van der Waals surface area contributed by atoms with E-state index in [-0.39, 0.29) is 0 Å². The standard InChI is InChI=1S/C13H20ClN/c1-3-4-12(10-15-2)9-11-5-7-13(14)8-6-11/h5-8,12,15H,3-4,9-10H2,1-2H3. The second-order valence-corrected chi connectivity index (χ2v) is 4.48. The molecule has 1 atom stereocenters. The first kappa shape index (κ1) is 12.5. The second-order valence-electron chi connectivity index (χ2n) is 4.04. The van der Waals surface area contributed by atoms with Gasteiger partial charge in [-0.15, -0.1) is 0 Å². The minimum Gasteiger partial charge on any atom is -0.319 e. The molecule has 2 heteroatoms. The molecule has 1 unspecified atom stereocenters. The first-order valence-electron chi connectivity index (χ1n) is 5.65. The summed E-state index contributed by atoms with van der Waals surface area (Å²) in [5, 5.41) is 4.08. The second kappa shape index (κ2) is 6.86. The Kier molecular flexibility index (Phi) is 5.74. The minimum absolute atomic E-state index is 0.737. The van der Waals surface area contributed by atoms with Gasteiger partial charge in [-0.05, 0) is 50.0 Å². The number of hydrogen-bond donors (Lipinski definition) is 1. The van der Waals surface area contributed by atoms with Gasteiger partial charge in [0.2, 0.25) is 0 Å². The van der Waals surface area contributed by atoms with Crippen molar-refractivity contribution in [3.05, 3.63) is 34.9 Å². The van der Waals surface area contributed by atoms with Crippen LogP contribution < -0.4 is 5.32 Å². The normalized spacial score (nSPS) is 12.7. The van der Waals surface area contributed by atoms with Crippen molar-refractivity contribution in [2.75, 3.05) is 13.6 Å². The van der Waals surface area contributed by atoms with Crippen molar-refractivity contribution in [2.45, 2.75) is 26.2 Å². The number of benzene rings is 1. The van der Waals surface area contributed by atoms with Crippen molar-refractivity contribution in [3.63, 3.8) is 0 Å². The van der Waals surface area contributed by atoms with E-state index < -0.39 is 0 Å². The van der Waals surface area contributed by atoms with Crippen molar-refractivity contribution in [1.82, 2.24) is 5.32 Å². The van der Waals surface area contributed by atoms with Crippen LogP contribution in [0.4, 0.5) is 0 Å². The summed E-state index contributed by atoms with van der Waals surface area (Å²) in [4.78, 5) is 0. The summed E-state index contributed by atoms with van der Waals surface area (Å²) in [7, 11) is 2.02. The SMILES string of the molecule is CCCC(CNC)Cc1ccc(Cl)cc1. The molecule has 0 aliphatic rings. The molecular weight excluding hydrogens is 206 g/mol. The summed E-state index contributed by atoms with van der Waals surface area (Å²) >= 11 is 5.86. The fourth-order valence-electron chi connectivity index (χ4n) is 1.93. The van der Waals surface area contributed by atoms with Gasteiger partial charge in [-0.25, -0.2) is 0 Å². The summed E-state index contributed by atoms with van der Waals surface area (Å²) in [6, 6.07) is 8.19. The Labute approximate surface area is 97.8 Å². The lowest BCUT2D eigenvalue weighted by molar-refractivity contribution is 0.456. The minimum atomic E-state index is 0.737. The van der Waals surface area contributed by atoms with Gasteiger partial charge in [-0.2, -0.15) is 0 Å². The lowest BCUT2D eigenvalue weighted by Gasteiger charge is -2.15. The molecule has 1 N–H and O–H groups in total. The molecule has 0 bridgehead atoms. The predicted molar refractivity (Wildman–Crippen MR) is 67.5 cm³/mol. The van der Waals surface area contributed by atoms with Gasteiger partial charge in [0, 0.05) is 5.02 Å². The van der Waals surface area contributed by atoms with Gasteiger partial charge in [-0.1, -0.05) is 37.1 Å². The zero-order valence-corrected chi connectivity index (χ0v) is 10.3. The molecule has 0 aliphatic heterocycles. The van der Waals surface area contributed by atoms with Crippen LogP contribution in [0.1, 0.15) is 25.3 Å². The monoisotopic (exact) mass is 225 g/mol. The maximum Gasteiger partial charge on any atom is 0.0406 e. The molecule has 1 aromatic rings. The third-order valence-corrected chi connectivity index (χ3v) is 2.88. The first-order chi connectivity index (χ1) is 7.26. The van der Waals surface area contributed by atoms with E-state index in [1.54, 1.807) is 0 Å². The molecule has 84 valence electrons. The van der Waals surface area contributed by atoms with Gasteiger partial charge in [-0.3, -0.25) is 0 Å². The Balaban J connectivity index is 2.53. The molecule has 0 fully saturated rings. The summed E-state index contributed by atoms with van der Waals surface area (Å²) in [5.74, 6) is 0.737. The molecule has 0 saturated heterocycles. The zero-order valence-electron chi connectivity index (χ0n) is 9.59. The average molecular weight is 226 g/mol. The quantitative estimate of drug-likeness (QED) is 0.781. The van der Waals surface area contributed by atoms with Crippen LogP contribution in [0.2, 0.25) is 5.02 Å². The highest BCUT2D eigenvalue weighted by Crippen LogP contribution is 2.16. The van der Waals surface area contributed by atoms with Crippen molar-refractivity contribution >= 4 is 11.6 Å². The van der Waals surface area contributed by atoms with Gasteiger partial charge in [0.25, 0.3) is 0 Å². The molecule has 0 amide bonds. The zero-order chi connectivity index (χ0) is 11.1. The van der Waals surface area contributed by atoms with E-state index in [1.807, 2.05) is 19.2 Å². The Morgan fingerprint density at radius 3 is 2.47 bits per heavy atom. The highest BCUT2D eigenvalue weighted by atomic mass is 35.5. The maximum absolute atomic E-state index is 5.86. The maximum atomic E-state index is 5.86. The van der Waals surface area contributed by atoms with Crippen molar-refractivity contribution in [2.24, 2.45) is 5.92 Å². The third-order valence-electron chi connectivity index (χ3n) is 2.63. The molecule has 0 saturated carbocycles. The van der Waals surface area contributed by atoms with Gasteiger partial charge in [0.15, 0.2) is 0 Å². The van der Waals surface area contributed by atoms with Gasteiger partial charge in [0.1, 0.15) is 0 Å². The molecule has 0 aromatic heterocycles. The molecule has 0 spiro atoms. The molecule has 15 heavy (non-hydrogen) atoms. The van der Waals surface area contributed by atoms with Crippen LogP contribution in [-0.4, -0.2) is 13.6 Å². The average Bonchev–Trinajstić information content (AvgIpc) is 2.22. The van der Waals surface area contributed by atoms with Crippen LogP contribution in [0, 0.1) is 5.92 Å². The summed E-state index contributed by atoms with van der Waals surface area (Å²) in [6.07, 6.45) is 3.68. The van der Waals surface area contributed by atoms with Crippen LogP contribution in [0.3, 0.4) is 0 Å². The fourth-order valence-corrected chi connectivity index (χ4v) is 2.05. The first-order valence-corrected chi connectivity index (χ1v) is 6.03. The lowest BCUT2D eigenvalue weighted by Crippen LogP contribution is -2.20. The molecular formula is C13H20ClN. The molecule has 0 radical (unpaired) electrons. The number of rotatable bonds is 6.